The van der Waals surface area contributed by atoms with Crippen molar-refractivity contribution in [3.8, 4) is 0 Å². The summed E-state index contributed by atoms with van der Waals surface area (Å²) in [7, 11) is -2.60. The van der Waals surface area contributed by atoms with Gasteiger partial charge in [0.2, 0.25) is 10.0 Å². The summed E-state index contributed by atoms with van der Waals surface area (Å²) in [5.74, 6) is -1.47. The van der Waals surface area contributed by atoms with Crippen LogP contribution < -0.4 is 10.5 Å². The second-order valence-corrected chi connectivity index (χ2v) is 6.79. The van der Waals surface area contributed by atoms with Crippen molar-refractivity contribution in [2.45, 2.75) is 24.3 Å². The standard InChI is InChI=1S/C12H16BrFN2O4S/c1-7(3-4-20-2)16-12(17)8-5-9(14)11(13)10(6-8)21(15,18)19/h5-7H,3-4H2,1-2H3,(H,16,17)(H2,15,18,19). The molecule has 1 aromatic rings. The molecule has 1 aromatic carbocycles. The van der Waals surface area contributed by atoms with E-state index in [1.54, 1.807) is 6.92 Å². The van der Waals surface area contributed by atoms with Gasteiger partial charge < -0.3 is 10.1 Å². The maximum absolute atomic E-state index is 13.7. The summed E-state index contributed by atoms with van der Waals surface area (Å²) in [5, 5.41) is 7.61. The zero-order valence-electron chi connectivity index (χ0n) is 11.5. The summed E-state index contributed by atoms with van der Waals surface area (Å²) in [4.78, 5) is 11.5. The minimum atomic E-state index is -4.14. The number of methoxy groups -OCH3 is 1. The van der Waals surface area contributed by atoms with E-state index in [0.717, 1.165) is 12.1 Å². The van der Waals surface area contributed by atoms with Crippen LogP contribution in [0.3, 0.4) is 0 Å². The van der Waals surface area contributed by atoms with Crippen molar-refractivity contribution in [3.63, 3.8) is 0 Å². The van der Waals surface area contributed by atoms with Gasteiger partial charge in [0.1, 0.15) is 5.82 Å². The van der Waals surface area contributed by atoms with E-state index in [0.29, 0.717) is 13.0 Å². The third kappa shape index (κ3) is 5.03. The van der Waals surface area contributed by atoms with Gasteiger partial charge >= 0.3 is 0 Å². The summed E-state index contributed by atoms with van der Waals surface area (Å²) in [6, 6.07) is 1.76. The lowest BCUT2D eigenvalue weighted by Crippen LogP contribution is -2.33. The largest absolute Gasteiger partial charge is 0.385 e. The number of ether oxygens (including phenoxy) is 1. The Kier molecular flexibility index (Phi) is 6.26. The van der Waals surface area contributed by atoms with Crippen LogP contribution in [0.2, 0.25) is 0 Å². The van der Waals surface area contributed by atoms with Gasteiger partial charge in [0.25, 0.3) is 5.91 Å². The maximum atomic E-state index is 13.7. The van der Waals surface area contributed by atoms with Gasteiger partial charge in [-0.15, -0.1) is 0 Å². The number of hydrogen-bond acceptors (Lipinski definition) is 4. The van der Waals surface area contributed by atoms with Gasteiger partial charge in [0, 0.05) is 25.3 Å². The Morgan fingerprint density at radius 1 is 1.52 bits per heavy atom. The molecule has 1 amide bonds. The molecule has 1 rings (SSSR count). The molecule has 0 radical (unpaired) electrons. The van der Waals surface area contributed by atoms with E-state index < -0.39 is 26.6 Å². The fraction of sp³-hybridized carbons (Fsp3) is 0.417. The zero-order valence-corrected chi connectivity index (χ0v) is 13.9. The summed E-state index contributed by atoms with van der Waals surface area (Å²) in [6.45, 7) is 2.21. The first kappa shape index (κ1) is 18.0. The predicted octanol–water partition coefficient (Wildman–Crippen LogP) is 1.39. The summed E-state index contributed by atoms with van der Waals surface area (Å²) in [5.41, 5.74) is -0.121. The number of halogens is 2. The first-order valence-electron chi connectivity index (χ1n) is 5.98. The van der Waals surface area contributed by atoms with Crippen LogP contribution in [-0.4, -0.2) is 34.1 Å². The number of carbonyl (C=O) groups is 1. The average Bonchev–Trinajstić information content (AvgIpc) is 2.37. The Bertz CT molecular complexity index is 636. The Balaban J connectivity index is 3.04. The average molecular weight is 383 g/mol. The molecule has 0 aromatic heterocycles. The third-order valence-corrected chi connectivity index (χ3v) is 4.70. The number of sulfonamides is 1. The molecule has 0 bridgehead atoms. The zero-order chi connectivity index (χ0) is 16.2. The second kappa shape index (κ2) is 7.30. The number of amides is 1. The van der Waals surface area contributed by atoms with Gasteiger partial charge in [0.15, 0.2) is 0 Å². The third-order valence-electron chi connectivity index (χ3n) is 2.70. The SMILES string of the molecule is COCCC(C)NC(=O)c1cc(F)c(Br)c(S(N)(=O)=O)c1. The number of benzene rings is 1. The lowest BCUT2D eigenvalue weighted by Gasteiger charge is -2.14. The van der Waals surface area contributed by atoms with Gasteiger partial charge in [-0.3, -0.25) is 4.79 Å². The van der Waals surface area contributed by atoms with Crippen LogP contribution in [0.5, 0.6) is 0 Å². The minimum Gasteiger partial charge on any atom is -0.385 e. The molecule has 3 N–H and O–H groups in total. The van der Waals surface area contributed by atoms with Crippen molar-refractivity contribution in [1.29, 1.82) is 0 Å². The molecule has 6 nitrogen and oxygen atoms in total. The Labute approximate surface area is 131 Å². The Hall–Kier alpha value is -1.03. The van der Waals surface area contributed by atoms with Crippen LogP contribution in [0.25, 0.3) is 0 Å². The normalized spacial score (nSPS) is 13.0. The van der Waals surface area contributed by atoms with Gasteiger partial charge in [0.05, 0.1) is 9.37 Å². The highest BCUT2D eigenvalue weighted by Gasteiger charge is 2.20. The van der Waals surface area contributed by atoms with E-state index >= 15 is 0 Å². The quantitative estimate of drug-likeness (QED) is 0.776. The molecule has 0 aliphatic carbocycles. The summed E-state index contributed by atoms with van der Waals surface area (Å²) < 4.78 is 41.0. The highest BCUT2D eigenvalue weighted by molar-refractivity contribution is 9.10. The van der Waals surface area contributed by atoms with Crippen molar-refractivity contribution in [2.24, 2.45) is 5.14 Å². The van der Waals surface area contributed by atoms with E-state index in [2.05, 4.69) is 21.2 Å². The molecule has 0 saturated carbocycles. The number of nitrogens with two attached hydrogens (primary N) is 1. The monoisotopic (exact) mass is 382 g/mol. The van der Waals surface area contributed by atoms with Gasteiger partial charge in [-0.1, -0.05) is 0 Å². The van der Waals surface area contributed by atoms with Gasteiger partial charge in [-0.2, -0.15) is 0 Å². The number of hydrogen-bond donors (Lipinski definition) is 2. The smallest absolute Gasteiger partial charge is 0.251 e. The number of carbonyl (C=O) groups excluding carboxylic acids is 1. The first-order valence-corrected chi connectivity index (χ1v) is 8.32. The highest BCUT2D eigenvalue weighted by Crippen LogP contribution is 2.25. The molecule has 0 fully saturated rings. The molecule has 1 unspecified atom stereocenters. The van der Waals surface area contributed by atoms with E-state index in [1.165, 1.54) is 7.11 Å². The fourth-order valence-electron chi connectivity index (χ4n) is 1.58. The molecule has 0 saturated heterocycles. The fourth-order valence-corrected chi connectivity index (χ4v) is 3.12. The lowest BCUT2D eigenvalue weighted by molar-refractivity contribution is 0.0929. The Morgan fingerprint density at radius 2 is 2.14 bits per heavy atom. The van der Waals surface area contributed by atoms with Crippen molar-refractivity contribution in [1.82, 2.24) is 5.32 Å². The number of primary sulfonamides is 1. The molecule has 118 valence electrons. The number of rotatable bonds is 6. The summed E-state index contributed by atoms with van der Waals surface area (Å²) in [6.07, 6.45) is 0.573. The number of nitrogens with one attached hydrogen (secondary N) is 1. The highest BCUT2D eigenvalue weighted by atomic mass is 79.9. The Morgan fingerprint density at radius 3 is 2.67 bits per heavy atom. The van der Waals surface area contributed by atoms with Crippen molar-refractivity contribution >= 4 is 31.9 Å². The van der Waals surface area contributed by atoms with Crippen molar-refractivity contribution < 1.29 is 22.3 Å². The van der Waals surface area contributed by atoms with Crippen LogP contribution in [0.1, 0.15) is 23.7 Å². The minimum absolute atomic E-state index is 0.121. The second-order valence-electron chi connectivity index (χ2n) is 4.47. The van der Waals surface area contributed by atoms with Crippen LogP contribution in [-0.2, 0) is 14.8 Å². The van der Waals surface area contributed by atoms with Gasteiger partial charge in [-0.25, -0.2) is 17.9 Å². The van der Waals surface area contributed by atoms with E-state index in [9.17, 15) is 17.6 Å². The summed E-state index contributed by atoms with van der Waals surface area (Å²) >= 11 is 2.80. The van der Waals surface area contributed by atoms with Crippen LogP contribution in [0.4, 0.5) is 4.39 Å². The van der Waals surface area contributed by atoms with E-state index in [-0.39, 0.29) is 16.1 Å². The van der Waals surface area contributed by atoms with Crippen LogP contribution in [0, 0.1) is 5.82 Å². The van der Waals surface area contributed by atoms with Crippen LogP contribution in [0.15, 0.2) is 21.5 Å². The molecule has 0 aliphatic rings. The van der Waals surface area contributed by atoms with E-state index in [4.69, 9.17) is 9.88 Å². The van der Waals surface area contributed by atoms with Crippen molar-refractivity contribution in [3.05, 3.63) is 28.0 Å². The van der Waals surface area contributed by atoms with E-state index in [1.807, 2.05) is 0 Å². The van der Waals surface area contributed by atoms with Gasteiger partial charge in [-0.05, 0) is 41.4 Å². The first-order chi connectivity index (χ1) is 9.66. The predicted molar refractivity (Wildman–Crippen MR) is 78.9 cm³/mol. The molecule has 1 atom stereocenters. The molecule has 0 spiro atoms. The molecule has 9 heteroatoms. The topological polar surface area (TPSA) is 98.5 Å². The molecule has 21 heavy (non-hydrogen) atoms. The maximum Gasteiger partial charge on any atom is 0.251 e. The van der Waals surface area contributed by atoms with Crippen LogP contribution >= 0.6 is 15.9 Å². The van der Waals surface area contributed by atoms with Crippen molar-refractivity contribution in [2.75, 3.05) is 13.7 Å². The molecular formula is C12H16BrFN2O4S. The molecular weight excluding hydrogens is 367 g/mol. The lowest BCUT2D eigenvalue weighted by atomic mass is 10.1. The molecule has 0 heterocycles. The molecule has 0 aliphatic heterocycles.